The Labute approximate surface area is 107 Å². The number of nitrogens with one attached hydrogen (secondary N) is 1. The molecule has 0 aliphatic carbocycles. The summed E-state index contributed by atoms with van der Waals surface area (Å²) in [7, 11) is 0. The first-order valence-electron chi connectivity index (χ1n) is 5.24. The molecular formula is C11H12N2S3. The highest BCUT2D eigenvalue weighted by Crippen LogP contribution is 2.30. The van der Waals surface area contributed by atoms with Gasteiger partial charge in [-0.1, -0.05) is 6.07 Å². The molecule has 1 N–H and O–H groups in total. The molecule has 84 valence electrons. The van der Waals surface area contributed by atoms with E-state index >= 15 is 0 Å². The molecular weight excluding hydrogens is 256 g/mol. The number of thioether (sulfide) groups is 1. The van der Waals surface area contributed by atoms with E-state index in [1.807, 2.05) is 11.8 Å². The molecule has 16 heavy (non-hydrogen) atoms. The first-order chi connectivity index (χ1) is 7.93. The Morgan fingerprint density at radius 1 is 1.38 bits per heavy atom. The summed E-state index contributed by atoms with van der Waals surface area (Å²) in [6, 6.07) is 4.66. The van der Waals surface area contributed by atoms with Gasteiger partial charge in [-0.05, 0) is 11.4 Å². The SMILES string of the molecule is c1csc(-c2csc(C3CSCCN3)n2)c1. The van der Waals surface area contributed by atoms with Crippen molar-refractivity contribution in [2.24, 2.45) is 0 Å². The molecule has 3 heterocycles. The second-order valence-corrected chi connectivity index (χ2v) is 6.62. The lowest BCUT2D eigenvalue weighted by atomic mass is 10.3. The van der Waals surface area contributed by atoms with Gasteiger partial charge in [0.05, 0.1) is 16.6 Å². The summed E-state index contributed by atoms with van der Waals surface area (Å²) < 4.78 is 0. The Hall–Kier alpha value is -0.360. The summed E-state index contributed by atoms with van der Waals surface area (Å²) >= 11 is 5.54. The predicted octanol–water partition coefficient (Wildman–Crippen LogP) is 3.25. The van der Waals surface area contributed by atoms with Crippen LogP contribution in [0.4, 0.5) is 0 Å². The maximum absolute atomic E-state index is 4.73. The van der Waals surface area contributed by atoms with E-state index in [4.69, 9.17) is 4.98 Å². The molecule has 0 saturated carbocycles. The Bertz CT molecular complexity index is 444. The van der Waals surface area contributed by atoms with Crippen LogP contribution in [-0.4, -0.2) is 23.0 Å². The minimum absolute atomic E-state index is 0.456. The van der Waals surface area contributed by atoms with Gasteiger partial charge in [-0.3, -0.25) is 0 Å². The number of thiophene rings is 1. The summed E-state index contributed by atoms with van der Waals surface area (Å²) in [6.45, 7) is 1.10. The zero-order valence-corrected chi connectivity index (χ0v) is 11.1. The van der Waals surface area contributed by atoms with Crippen molar-refractivity contribution in [3.8, 4) is 10.6 Å². The molecule has 0 amide bonds. The van der Waals surface area contributed by atoms with Crippen molar-refractivity contribution in [2.75, 3.05) is 18.1 Å². The Balaban J connectivity index is 1.82. The lowest BCUT2D eigenvalue weighted by Crippen LogP contribution is -2.30. The van der Waals surface area contributed by atoms with Gasteiger partial charge in [-0.2, -0.15) is 11.8 Å². The van der Waals surface area contributed by atoms with E-state index in [1.54, 1.807) is 22.7 Å². The Kier molecular flexibility index (Phi) is 3.28. The van der Waals surface area contributed by atoms with Crippen molar-refractivity contribution >= 4 is 34.4 Å². The first-order valence-corrected chi connectivity index (χ1v) is 8.15. The van der Waals surface area contributed by atoms with Gasteiger partial charge in [0.1, 0.15) is 5.01 Å². The van der Waals surface area contributed by atoms with Crippen LogP contribution >= 0.6 is 34.4 Å². The van der Waals surface area contributed by atoms with Gasteiger partial charge >= 0.3 is 0 Å². The maximum Gasteiger partial charge on any atom is 0.111 e. The van der Waals surface area contributed by atoms with Crippen molar-refractivity contribution in [2.45, 2.75) is 6.04 Å². The standard InChI is InChI=1S/C11H12N2S3/c1-2-10(15-4-1)8-7-16-11(13-8)9-6-14-5-3-12-9/h1-2,4,7,9,12H,3,5-6H2. The topological polar surface area (TPSA) is 24.9 Å². The lowest BCUT2D eigenvalue weighted by molar-refractivity contribution is 0.592. The average Bonchev–Trinajstić information content (AvgIpc) is 3.01. The van der Waals surface area contributed by atoms with Gasteiger partial charge in [0, 0.05) is 23.4 Å². The fraction of sp³-hybridized carbons (Fsp3) is 0.364. The van der Waals surface area contributed by atoms with E-state index in [0.717, 1.165) is 18.0 Å². The third kappa shape index (κ3) is 2.18. The third-order valence-electron chi connectivity index (χ3n) is 2.52. The number of hydrogen-bond acceptors (Lipinski definition) is 5. The molecule has 3 rings (SSSR count). The van der Waals surface area contributed by atoms with Crippen LogP contribution in [0.2, 0.25) is 0 Å². The largest absolute Gasteiger partial charge is 0.306 e. The van der Waals surface area contributed by atoms with Gasteiger partial charge in [-0.25, -0.2) is 4.98 Å². The summed E-state index contributed by atoms with van der Waals surface area (Å²) in [6.07, 6.45) is 0. The van der Waals surface area contributed by atoms with Crippen LogP contribution in [0, 0.1) is 0 Å². The molecule has 1 unspecified atom stereocenters. The van der Waals surface area contributed by atoms with Crippen LogP contribution in [0.25, 0.3) is 10.6 Å². The molecule has 1 saturated heterocycles. The van der Waals surface area contributed by atoms with Crippen molar-refractivity contribution in [3.05, 3.63) is 27.9 Å². The molecule has 0 spiro atoms. The third-order valence-corrected chi connectivity index (χ3v) is 5.43. The van der Waals surface area contributed by atoms with Crippen molar-refractivity contribution in [1.29, 1.82) is 0 Å². The number of rotatable bonds is 2. The molecule has 2 aromatic rings. The van der Waals surface area contributed by atoms with Crippen molar-refractivity contribution < 1.29 is 0 Å². The number of nitrogens with zero attached hydrogens (tertiary/aromatic N) is 1. The van der Waals surface area contributed by atoms with Gasteiger partial charge in [0.15, 0.2) is 0 Å². The summed E-state index contributed by atoms with van der Waals surface area (Å²) in [5.74, 6) is 2.37. The van der Waals surface area contributed by atoms with Crippen molar-refractivity contribution in [1.82, 2.24) is 10.3 Å². The minimum atomic E-state index is 0.456. The minimum Gasteiger partial charge on any atom is -0.306 e. The van der Waals surface area contributed by atoms with E-state index in [1.165, 1.54) is 15.6 Å². The molecule has 0 aromatic carbocycles. The van der Waals surface area contributed by atoms with Crippen LogP contribution < -0.4 is 5.32 Å². The van der Waals surface area contributed by atoms with Gasteiger partial charge < -0.3 is 5.32 Å². The smallest absolute Gasteiger partial charge is 0.111 e. The van der Waals surface area contributed by atoms with Crippen molar-refractivity contribution in [3.63, 3.8) is 0 Å². The second kappa shape index (κ2) is 4.87. The van der Waals surface area contributed by atoms with Crippen LogP contribution in [0.5, 0.6) is 0 Å². The quantitative estimate of drug-likeness (QED) is 0.905. The van der Waals surface area contributed by atoms with Crippen LogP contribution in [0.1, 0.15) is 11.0 Å². The molecule has 1 fully saturated rings. The van der Waals surface area contributed by atoms with Gasteiger partial charge in [-0.15, -0.1) is 22.7 Å². The van der Waals surface area contributed by atoms with E-state index in [2.05, 4.69) is 28.2 Å². The molecule has 1 aliphatic rings. The fourth-order valence-corrected chi connectivity index (χ4v) is 4.41. The van der Waals surface area contributed by atoms with E-state index < -0.39 is 0 Å². The highest BCUT2D eigenvalue weighted by Gasteiger charge is 2.18. The van der Waals surface area contributed by atoms with Crippen LogP contribution in [0.15, 0.2) is 22.9 Å². The molecule has 0 bridgehead atoms. The summed E-state index contributed by atoms with van der Waals surface area (Å²) in [5, 5.41) is 9.03. The molecule has 5 heteroatoms. The fourth-order valence-electron chi connectivity index (χ4n) is 1.71. The van der Waals surface area contributed by atoms with E-state index in [-0.39, 0.29) is 0 Å². The monoisotopic (exact) mass is 268 g/mol. The van der Waals surface area contributed by atoms with Gasteiger partial charge in [0.2, 0.25) is 0 Å². The van der Waals surface area contributed by atoms with Crippen LogP contribution in [0.3, 0.4) is 0 Å². The Morgan fingerprint density at radius 3 is 3.12 bits per heavy atom. The Morgan fingerprint density at radius 2 is 2.38 bits per heavy atom. The highest BCUT2D eigenvalue weighted by molar-refractivity contribution is 7.99. The first kappa shape index (κ1) is 10.8. The second-order valence-electron chi connectivity index (χ2n) is 3.63. The zero-order chi connectivity index (χ0) is 10.8. The van der Waals surface area contributed by atoms with Gasteiger partial charge in [0.25, 0.3) is 0 Å². The lowest BCUT2D eigenvalue weighted by Gasteiger charge is -2.20. The van der Waals surface area contributed by atoms with Crippen LogP contribution in [-0.2, 0) is 0 Å². The summed E-state index contributed by atoms with van der Waals surface area (Å²) in [4.78, 5) is 6.00. The zero-order valence-electron chi connectivity index (χ0n) is 8.68. The highest BCUT2D eigenvalue weighted by atomic mass is 32.2. The predicted molar refractivity (Wildman–Crippen MR) is 73.5 cm³/mol. The van der Waals surface area contributed by atoms with E-state index in [0.29, 0.717) is 6.04 Å². The normalized spacial score (nSPS) is 21.1. The molecule has 1 aliphatic heterocycles. The molecule has 2 nitrogen and oxygen atoms in total. The molecule has 1 atom stereocenters. The maximum atomic E-state index is 4.73. The average molecular weight is 268 g/mol. The number of thiazole rings is 1. The molecule has 2 aromatic heterocycles. The molecule has 0 radical (unpaired) electrons. The number of aromatic nitrogens is 1. The van der Waals surface area contributed by atoms with E-state index in [9.17, 15) is 0 Å². The summed E-state index contributed by atoms with van der Waals surface area (Å²) in [5.41, 5.74) is 1.13. The number of hydrogen-bond donors (Lipinski definition) is 1.